The maximum Gasteiger partial charge on any atom is 0.192 e. The van der Waals surface area contributed by atoms with Crippen LogP contribution in [0.2, 0.25) is 18.1 Å². The fourth-order valence-electron chi connectivity index (χ4n) is 1.75. The summed E-state index contributed by atoms with van der Waals surface area (Å²) in [7, 11) is -0.0574. The lowest BCUT2D eigenvalue weighted by molar-refractivity contribution is 0.141. The van der Waals surface area contributed by atoms with E-state index in [2.05, 4.69) is 33.9 Å². The Morgan fingerprint density at radius 2 is 1.52 bits per heavy atom. The fourth-order valence-corrected chi connectivity index (χ4v) is 2.77. The quantitative estimate of drug-likeness (QED) is 0.492. The van der Waals surface area contributed by atoms with Crippen LogP contribution < -0.4 is 9.47 Å². The maximum absolute atomic E-state index is 6.13. The van der Waals surface area contributed by atoms with Gasteiger partial charge in [0.2, 0.25) is 0 Å². The summed E-state index contributed by atoms with van der Waals surface area (Å²) in [4.78, 5) is 0. The van der Waals surface area contributed by atoms with Crippen molar-refractivity contribution in [1.82, 2.24) is 0 Å². The van der Waals surface area contributed by atoms with Crippen LogP contribution in [0, 0.1) is 6.92 Å². The SMILES string of the molecule is COCCOc1cc(C)ccc1OCCO[Si](C)(C)C(C)(C)C. The summed E-state index contributed by atoms with van der Waals surface area (Å²) < 4.78 is 22.7. The third-order valence-electron chi connectivity index (χ3n) is 4.25. The van der Waals surface area contributed by atoms with Gasteiger partial charge in [0.1, 0.15) is 13.2 Å². The molecule has 0 heterocycles. The number of rotatable bonds is 9. The van der Waals surface area contributed by atoms with E-state index in [0.29, 0.717) is 26.4 Å². The highest BCUT2D eigenvalue weighted by atomic mass is 28.4. The van der Waals surface area contributed by atoms with Crippen LogP contribution in [0.3, 0.4) is 0 Å². The second-order valence-corrected chi connectivity index (χ2v) is 12.1. The van der Waals surface area contributed by atoms with Crippen molar-refractivity contribution in [3.8, 4) is 11.5 Å². The van der Waals surface area contributed by atoms with Crippen molar-refractivity contribution < 1.29 is 18.6 Å². The molecule has 0 aliphatic heterocycles. The van der Waals surface area contributed by atoms with E-state index in [1.54, 1.807) is 7.11 Å². The van der Waals surface area contributed by atoms with Crippen LogP contribution >= 0.6 is 0 Å². The Bertz CT molecular complexity index is 480. The molecule has 0 aliphatic carbocycles. The molecule has 0 spiro atoms. The zero-order valence-corrected chi connectivity index (χ0v) is 16.7. The molecule has 1 aromatic rings. The smallest absolute Gasteiger partial charge is 0.192 e. The topological polar surface area (TPSA) is 36.9 Å². The van der Waals surface area contributed by atoms with E-state index >= 15 is 0 Å². The first-order valence-electron chi connectivity index (χ1n) is 8.16. The van der Waals surface area contributed by atoms with Crippen molar-refractivity contribution in [2.75, 3.05) is 33.5 Å². The standard InChI is InChI=1S/C18H32O4Si/c1-15-8-9-16(17(14-15)21-11-10-19-5)20-12-13-22-23(6,7)18(2,3)4/h8-9,14H,10-13H2,1-7H3. The van der Waals surface area contributed by atoms with Gasteiger partial charge in [-0.2, -0.15) is 0 Å². The maximum atomic E-state index is 6.13. The van der Waals surface area contributed by atoms with Crippen molar-refractivity contribution in [3.63, 3.8) is 0 Å². The van der Waals surface area contributed by atoms with Gasteiger partial charge in [-0.25, -0.2) is 0 Å². The van der Waals surface area contributed by atoms with E-state index in [1.165, 1.54) is 0 Å². The minimum absolute atomic E-state index is 0.214. The minimum Gasteiger partial charge on any atom is -0.487 e. The molecule has 0 radical (unpaired) electrons. The predicted molar refractivity (Wildman–Crippen MR) is 97.2 cm³/mol. The molecule has 0 saturated heterocycles. The van der Waals surface area contributed by atoms with Crippen LogP contribution in [0.25, 0.3) is 0 Å². The van der Waals surface area contributed by atoms with E-state index in [0.717, 1.165) is 17.1 Å². The average Bonchev–Trinajstić information content (AvgIpc) is 2.44. The highest BCUT2D eigenvalue weighted by molar-refractivity contribution is 6.74. The lowest BCUT2D eigenvalue weighted by atomic mass is 10.2. The molecule has 0 saturated carbocycles. The van der Waals surface area contributed by atoms with Gasteiger partial charge in [-0.05, 0) is 42.8 Å². The van der Waals surface area contributed by atoms with Gasteiger partial charge in [-0.1, -0.05) is 26.8 Å². The number of hydrogen-bond acceptors (Lipinski definition) is 4. The molecule has 132 valence electrons. The van der Waals surface area contributed by atoms with Gasteiger partial charge in [-0.15, -0.1) is 0 Å². The largest absolute Gasteiger partial charge is 0.487 e. The molecule has 23 heavy (non-hydrogen) atoms. The van der Waals surface area contributed by atoms with Gasteiger partial charge in [0.25, 0.3) is 0 Å². The Morgan fingerprint density at radius 1 is 0.913 bits per heavy atom. The predicted octanol–water partition coefficient (Wildman–Crippen LogP) is 4.42. The Kier molecular flexibility index (Phi) is 7.57. The summed E-state index contributed by atoms with van der Waals surface area (Å²) in [6, 6.07) is 5.96. The molecule has 0 aliphatic rings. The van der Waals surface area contributed by atoms with Crippen molar-refractivity contribution >= 4 is 8.32 Å². The van der Waals surface area contributed by atoms with Crippen molar-refractivity contribution in [3.05, 3.63) is 23.8 Å². The highest BCUT2D eigenvalue weighted by Gasteiger charge is 2.36. The highest BCUT2D eigenvalue weighted by Crippen LogP contribution is 2.36. The third-order valence-corrected chi connectivity index (χ3v) is 8.79. The van der Waals surface area contributed by atoms with E-state index in [-0.39, 0.29) is 5.04 Å². The summed E-state index contributed by atoms with van der Waals surface area (Å²) in [5, 5.41) is 0.214. The van der Waals surface area contributed by atoms with Crippen LogP contribution in [0.5, 0.6) is 11.5 Å². The molecule has 4 nitrogen and oxygen atoms in total. The first-order valence-corrected chi connectivity index (χ1v) is 11.1. The lowest BCUT2D eigenvalue weighted by Gasteiger charge is -2.36. The Labute approximate surface area is 142 Å². The van der Waals surface area contributed by atoms with Crippen molar-refractivity contribution in [2.24, 2.45) is 0 Å². The van der Waals surface area contributed by atoms with E-state index in [4.69, 9.17) is 18.6 Å². The van der Waals surface area contributed by atoms with Crippen LogP contribution in [0.1, 0.15) is 26.3 Å². The number of methoxy groups -OCH3 is 1. The van der Waals surface area contributed by atoms with Crippen LogP contribution in [-0.4, -0.2) is 41.9 Å². The van der Waals surface area contributed by atoms with Gasteiger partial charge in [-0.3, -0.25) is 0 Å². The number of hydrogen-bond donors (Lipinski definition) is 0. The average molecular weight is 341 g/mol. The molecule has 1 aromatic carbocycles. The normalized spacial score (nSPS) is 12.3. The summed E-state index contributed by atoms with van der Waals surface area (Å²) in [6.45, 7) is 15.4. The molecule has 0 unspecified atom stereocenters. The van der Waals surface area contributed by atoms with E-state index in [9.17, 15) is 0 Å². The molecule has 5 heteroatoms. The molecular weight excluding hydrogens is 308 g/mol. The lowest BCUT2D eigenvalue weighted by Crippen LogP contribution is -2.41. The minimum atomic E-state index is -1.72. The van der Waals surface area contributed by atoms with Crippen LogP contribution in [-0.2, 0) is 9.16 Å². The summed E-state index contributed by atoms with van der Waals surface area (Å²) in [6.07, 6.45) is 0. The zero-order valence-electron chi connectivity index (χ0n) is 15.7. The van der Waals surface area contributed by atoms with Crippen molar-refractivity contribution in [1.29, 1.82) is 0 Å². The Morgan fingerprint density at radius 3 is 2.13 bits per heavy atom. The van der Waals surface area contributed by atoms with E-state index in [1.807, 2.05) is 25.1 Å². The summed E-state index contributed by atoms with van der Waals surface area (Å²) >= 11 is 0. The van der Waals surface area contributed by atoms with Gasteiger partial charge in [0, 0.05) is 7.11 Å². The zero-order chi connectivity index (χ0) is 17.5. The number of ether oxygens (including phenoxy) is 3. The third kappa shape index (κ3) is 6.53. The molecular formula is C18H32O4Si. The van der Waals surface area contributed by atoms with Gasteiger partial charge in [0.05, 0.1) is 13.2 Å². The monoisotopic (exact) mass is 340 g/mol. The molecule has 0 bridgehead atoms. The number of aryl methyl sites for hydroxylation is 1. The Hall–Kier alpha value is -1.04. The Balaban J connectivity index is 2.54. The summed E-state index contributed by atoms with van der Waals surface area (Å²) in [5.74, 6) is 1.51. The molecule has 0 aromatic heterocycles. The van der Waals surface area contributed by atoms with E-state index < -0.39 is 8.32 Å². The van der Waals surface area contributed by atoms with Gasteiger partial charge in [0.15, 0.2) is 19.8 Å². The molecule has 0 N–H and O–H groups in total. The van der Waals surface area contributed by atoms with Gasteiger partial charge >= 0.3 is 0 Å². The van der Waals surface area contributed by atoms with Crippen LogP contribution in [0.4, 0.5) is 0 Å². The summed E-state index contributed by atoms with van der Waals surface area (Å²) in [5.41, 5.74) is 1.14. The molecule has 1 rings (SSSR count). The second-order valence-electron chi connectivity index (χ2n) is 7.25. The first-order chi connectivity index (χ1) is 10.7. The molecule has 0 fully saturated rings. The fraction of sp³-hybridized carbons (Fsp3) is 0.667. The van der Waals surface area contributed by atoms with Gasteiger partial charge < -0.3 is 18.6 Å². The molecule has 0 amide bonds. The second kappa shape index (κ2) is 8.71. The molecule has 0 atom stereocenters. The number of benzene rings is 1. The van der Waals surface area contributed by atoms with Crippen molar-refractivity contribution in [2.45, 2.75) is 45.8 Å². The first kappa shape index (κ1) is 20.0. The van der Waals surface area contributed by atoms with Crippen LogP contribution in [0.15, 0.2) is 18.2 Å².